The lowest BCUT2D eigenvalue weighted by molar-refractivity contribution is -0.134. The summed E-state index contributed by atoms with van der Waals surface area (Å²) in [6, 6.07) is 8.88. The van der Waals surface area contributed by atoms with E-state index in [2.05, 4.69) is 4.98 Å². The fourth-order valence-corrected chi connectivity index (χ4v) is 4.77. The van der Waals surface area contributed by atoms with E-state index in [4.69, 9.17) is 15.3 Å². The van der Waals surface area contributed by atoms with Crippen molar-refractivity contribution >= 4 is 34.9 Å². The highest BCUT2D eigenvalue weighted by molar-refractivity contribution is 5.89. The third-order valence-corrected chi connectivity index (χ3v) is 6.24. The van der Waals surface area contributed by atoms with Crippen molar-refractivity contribution in [3.8, 4) is 0 Å². The van der Waals surface area contributed by atoms with Gasteiger partial charge in [-0.1, -0.05) is 18.2 Å². The summed E-state index contributed by atoms with van der Waals surface area (Å²) in [6.45, 7) is 4.82. The van der Waals surface area contributed by atoms with Crippen LogP contribution in [0.4, 0.5) is 13.2 Å². The highest BCUT2D eigenvalue weighted by atomic mass is 19.1. The maximum absolute atomic E-state index is 15.3. The van der Waals surface area contributed by atoms with Crippen LogP contribution in [-0.2, 0) is 20.8 Å². The fraction of sp³-hybridized carbons (Fsp3) is 0.276. The SMILES string of the molecule is C[C@@H]1Cc2c([nH]c3ccccc23)[C@@H](c2c(F)cc(/C=C/C(=O)O)cc2F)N1CC(C)(C)F.O=C(O)/C=C\C(=O)O. The van der Waals surface area contributed by atoms with Gasteiger partial charge in [0.2, 0.25) is 0 Å². The van der Waals surface area contributed by atoms with Crippen molar-refractivity contribution in [3.63, 3.8) is 0 Å². The predicted octanol–water partition coefficient (Wildman–Crippen LogP) is 5.34. The van der Waals surface area contributed by atoms with Crippen LogP contribution in [0, 0.1) is 11.6 Å². The highest BCUT2D eigenvalue weighted by Gasteiger charge is 2.40. The summed E-state index contributed by atoms with van der Waals surface area (Å²) in [6.07, 6.45) is 3.70. The maximum Gasteiger partial charge on any atom is 0.328 e. The molecule has 4 N–H and O–H groups in total. The summed E-state index contributed by atoms with van der Waals surface area (Å²) in [4.78, 5) is 35.0. The van der Waals surface area contributed by atoms with E-state index in [1.54, 1.807) is 4.90 Å². The molecule has 0 saturated heterocycles. The number of hydrogen-bond donors (Lipinski definition) is 4. The lowest BCUT2D eigenvalue weighted by Gasteiger charge is -2.43. The smallest absolute Gasteiger partial charge is 0.328 e. The molecule has 0 unspecified atom stereocenters. The second kappa shape index (κ2) is 12.2. The monoisotopic (exact) mass is 558 g/mol. The molecule has 0 spiro atoms. The van der Waals surface area contributed by atoms with Gasteiger partial charge < -0.3 is 20.3 Å². The molecule has 1 aromatic heterocycles. The van der Waals surface area contributed by atoms with Crippen LogP contribution >= 0.6 is 0 Å². The molecule has 0 aliphatic carbocycles. The number of para-hydroxylation sites is 1. The topological polar surface area (TPSA) is 131 Å². The molecule has 0 bridgehead atoms. The molecule has 1 aliphatic rings. The summed E-state index contributed by atoms with van der Waals surface area (Å²) in [7, 11) is 0. The average molecular weight is 559 g/mol. The molecule has 0 amide bonds. The zero-order valence-corrected chi connectivity index (χ0v) is 22.0. The normalized spacial score (nSPS) is 17.6. The number of aromatic nitrogens is 1. The van der Waals surface area contributed by atoms with Crippen molar-refractivity contribution < 1.29 is 42.9 Å². The third kappa shape index (κ3) is 7.38. The van der Waals surface area contributed by atoms with Crippen molar-refractivity contribution in [2.75, 3.05) is 6.54 Å². The van der Waals surface area contributed by atoms with Gasteiger partial charge in [-0.15, -0.1) is 0 Å². The number of H-pyrrole nitrogens is 1. The van der Waals surface area contributed by atoms with Crippen LogP contribution in [-0.4, -0.2) is 61.4 Å². The van der Waals surface area contributed by atoms with Gasteiger partial charge in [-0.05, 0) is 62.6 Å². The Bertz CT molecular complexity index is 1450. The molecule has 0 saturated carbocycles. The Morgan fingerprint density at radius 1 is 1.00 bits per heavy atom. The first-order valence-electron chi connectivity index (χ1n) is 12.3. The van der Waals surface area contributed by atoms with Gasteiger partial charge in [0.25, 0.3) is 0 Å². The minimum absolute atomic E-state index is 0.00676. The number of nitrogens with zero attached hydrogens (tertiary/aromatic N) is 1. The van der Waals surface area contributed by atoms with E-state index in [0.717, 1.165) is 40.8 Å². The number of fused-ring (bicyclic) bond motifs is 3. The molecule has 8 nitrogen and oxygen atoms in total. The Kier molecular flexibility index (Phi) is 9.21. The van der Waals surface area contributed by atoms with Crippen LogP contribution in [0.15, 0.2) is 54.6 Å². The summed E-state index contributed by atoms with van der Waals surface area (Å²) in [5, 5.41) is 25.4. The standard InChI is InChI=1S/C25H25F3N2O2.C4H4O4/c1-14-10-17-16-6-4-5-7-20(16)29-23(17)24(30(14)13-25(2,3)28)22-18(26)11-15(12-19(22)27)8-9-21(31)32;5-3(6)1-2-4(7)8/h4-9,11-12,14,24,29H,10,13H2,1-3H3,(H,31,32);1-2H,(H,5,6)(H,7,8)/b9-8+;2-1-/t14-,24-;/m1./s1. The molecule has 4 rings (SSSR count). The Morgan fingerprint density at radius 3 is 2.08 bits per heavy atom. The number of halogens is 3. The van der Waals surface area contributed by atoms with Gasteiger partial charge in [0.05, 0.1) is 6.04 Å². The van der Waals surface area contributed by atoms with Crippen LogP contribution in [0.3, 0.4) is 0 Å². The Balaban J connectivity index is 0.000000482. The number of alkyl halides is 1. The summed E-state index contributed by atoms with van der Waals surface area (Å²) >= 11 is 0. The molecule has 1 aliphatic heterocycles. The van der Waals surface area contributed by atoms with Crippen LogP contribution in [0.1, 0.15) is 49.2 Å². The Hall–Kier alpha value is -4.38. The molecule has 3 aromatic rings. The molecule has 0 fully saturated rings. The molecule has 2 atom stereocenters. The molecule has 212 valence electrons. The van der Waals surface area contributed by atoms with Crippen LogP contribution in [0.25, 0.3) is 17.0 Å². The minimum atomic E-state index is -1.58. The second-order valence-corrected chi connectivity index (χ2v) is 9.99. The van der Waals surface area contributed by atoms with Crippen molar-refractivity contribution in [1.29, 1.82) is 0 Å². The van der Waals surface area contributed by atoms with Gasteiger partial charge in [0.1, 0.15) is 17.3 Å². The third-order valence-electron chi connectivity index (χ3n) is 6.24. The van der Waals surface area contributed by atoms with Gasteiger partial charge in [-0.3, -0.25) is 4.90 Å². The first-order valence-corrected chi connectivity index (χ1v) is 12.3. The molecule has 2 heterocycles. The number of rotatable bonds is 7. The summed E-state index contributed by atoms with van der Waals surface area (Å²) in [5.74, 6) is -5.34. The van der Waals surface area contributed by atoms with E-state index in [-0.39, 0.29) is 23.7 Å². The minimum Gasteiger partial charge on any atom is -0.478 e. The number of benzene rings is 2. The molecular formula is C29H29F3N2O6. The largest absolute Gasteiger partial charge is 0.478 e. The number of carbonyl (C=O) groups is 3. The highest BCUT2D eigenvalue weighted by Crippen LogP contribution is 2.43. The van der Waals surface area contributed by atoms with Crippen molar-refractivity contribution in [2.45, 2.75) is 44.9 Å². The quantitative estimate of drug-likeness (QED) is 0.288. The zero-order chi connectivity index (χ0) is 29.8. The summed E-state index contributed by atoms with van der Waals surface area (Å²) < 4.78 is 45.4. The van der Waals surface area contributed by atoms with Gasteiger partial charge >= 0.3 is 17.9 Å². The van der Waals surface area contributed by atoms with Crippen molar-refractivity contribution in [3.05, 3.63) is 88.6 Å². The van der Waals surface area contributed by atoms with Crippen molar-refractivity contribution in [1.82, 2.24) is 9.88 Å². The van der Waals surface area contributed by atoms with E-state index in [9.17, 15) is 18.8 Å². The second-order valence-electron chi connectivity index (χ2n) is 9.99. The number of hydrogen-bond acceptors (Lipinski definition) is 4. The molecule has 11 heteroatoms. The van der Waals surface area contributed by atoms with Gasteiger partial charge in [-0.2, -0.15) is 0 Å². The first-order chi connectivity index (χ1) is 18.7. The number of carboxylic acids is 3. The molecular weight excluding hydrogens is 529 g/mol. The van der Waals surface area contributed by atoms with E-state index in [0.29, 0.717) is 24.3 Å². The molecule has 0 radical (unpaired) electrons. The van der Waals surface area contributed by atoms with E-state index in [1.807, 2.05) is 31.2 Å². The van der Waals surface area contributed by atoms with E-state index in [1.165, 1.54) is 13.8 Å². The lowest BCUT2D eigenvalue weighted by Crippen LogP contribution is -2.48. The van der Waals surface area contributed by atoms with Crippen molar-refractivity contribution in [2.24, 2.45) is 0 Å². The van der Waals surface area contributed by atoms with Gasteiger partial charge in [-0.25, -0.2) is 27.6 Å². The number of aliphatic carboxylic acids is 3. The maximum atomic E-state index is 15.3. The number of nitrogens with one attached hydrogen (secondary N) is 1. The molecule has 40 heavy (non-hydrogen) atoms. The van der Waals surface area contributed by atoms with Crippen LogP contribution < -0.4 is 0 Å². The van der Waals surface area contributed by atoms with E-state index >= 15 is 8.78 Å². The fourth-order valence-electron chi connectivity index (χ4n) is 4.77. The molecule has 2 aromatic carbocycles. The predicted molar refractivity (Wildman–Crippen MR) is 143 cm³/mol. The zero-order valence-electron chi connectivity index (χ0n) is 22.0. The summed E-state index contributed by atoms with van der Waals surface area (Å²) in [5.41, 5.74) is 0.829. The average Bonchev–Trinajstić information content (AvgIpc) is 3.20. The Morgan fingerprint density at radius 2 is 1.55 bits per heavy atom. The number of aromatic amines is 1. The van der Waals surface area contributed by atoms with Gasteiger partial charge in [0, 0.05) is 53.0 Å². The lowest BCUT2D eigenvalue weighted by atomic mass is 9.87. The Labute approximate surface area is 228 Å². The first kappa shape index (κ1) is 30.2. The van der Waals surface area contributed by atoms with Crippen LogP contribution in [0.5, 0.6) is 0 Å². The van der Waals surface area contributed by atoms with Crippen LogP contribution in [0.2, 0.25) is 0 Å². The van der Waals surface area contributed by atoms with Gasteiger partial charge in [0.15, 0.2) is 0 Å². The van der Waals surface area contributed by atoms with E-state index < -0.39 is 41.3 Å². The number of carboxylic acid groups (broad SMARTS) is 3.